The Morgan fingerprint density at radius 3 is 1.58 bits per heavy atom. The lowest BCUT2D eigenvalue weighted by Gasteiger charge is -2.19. The first-order chi connectivity index (χ1) is 24.3. The molecule has 0 radical (unpaired) electrons. The van der Waals surface area contributed by atoms with Gasteiger partial charge < -0.3 is 20.1 Å². The molecule has 0 aliphatic rings. The molecule has 3 N–H and O–H groups in total. The van der Waals surface area contributed by atoms with Gasteiger partial charge in [-0.05, 0) is 70.6 Å². The number of hydrogen-bond acceptors (Lipinski definition) is 8. The minimum atomic E-state index is -4.38. The van der Waals surface area contributed by atoms with E-state index in [0.717, 1.165) is 77.0 Å². The molecule has 0 saturated carbocycles. The third kappa shape index (κ3) is 36.0. The van der Waals surface area contributed by atoms with Crippen molar-refractivity contribution in [2.24, 2.45) is 5.73 Å². The molecule has 0 aliphatic heterocycles. The lowest BCUT2D eigenvalue weighted by molar-refractivity contribution is -0.161. The van der Waals surface area contributed by atoms with E-state index >= 15 is 0 Å². The van der Waals surface area contributed by atoms with Crippen molar-refractivity contribution in [1.82, 2.24) is 0 Å². The van der Waals surface area contributed by atoms with E-state index in [0.29, 0.717) is 6.42 Å². The Morgan fingerprint density at radius 1 is 0.600 bits per heavy atom. The van der Waals surface area contributed by atoms with Crippen LogP contribution in [0.15, 0.2) is 36.5 Å². The highest BCUT2D eigenvalue weighted by Crippen LogP contribution is 2.43. The van der Waals surface area contributed by atoms with E-state index in [4.69, 9.17) is 24.3 Å². The Labute approximate surface area is 305 Å². The molecule has 0 bridgehead atoms. The fourth-order valence-corrected chi connectivity index (χ4v) is 6.01. The van der Waals surface area contributed by atoms with Crippen LogP contribution in [0.25, 0.3) is 0 Å². The van der Waals surface area contributed by atoms with Crippen LogP contribution in [0.2, 0.25) is 0 Å². The summed E-state index contributed by atoms with van der Waals surface area (Å²) in [7, 11) is -4.38. The average molecular weight is 728 g/mol. The van der Waals surface area contributed by atoms with Gasteiger partial charge in [0.05, 0.1) is 13.2 Å². The summed E-state index contributed by atoms with van der Waals surface area (Å²) in [6, 6.07) is 0. The SMILES string of the molecule is CCCCC/C=C\C/C=C\CCCCCCCC(=O)O[C@H](COC(=O)CCCCCCC/C=C\CCCCCCC)COP(=O)(O)OCCN. The number of ether oxygens (including phenoxy) is 2. The summed E-state index contributed by atoms with van der Waals surface area (Å²) >= 11 is 0. The molecule has 2 atom stereocenters. The Kier molecular flexibility index (Phi) is 35.7. The van der Waals surface area contributed by atoms with Crippen LogP contribution in [0, 0.1) is 0 Å². The predicted octanol–water partition coefficient (Wildman–Crippen LogP) is 11.0. The van der Waals surface area contributed by atoms with Gasteiger partial charge in [0, 0.05) is 19.4 Å². The molecule has 0 saturated heterocycles. The highest BCUT2D eigenvalue weighted by atomic mass is 31.2. The summed E-state index contributed by atoms with van der Waals surface area (Å²) in [6.07, 6.45) is 38.8. The van der Waals surface area contributed by atoms with Gasteiger partial charge in [0.1, 0.15) is 6.61 Å². The number of phosphoric ester groups is 1. The van der Waals surface area contributed by atoms with Crippen LogP contribution in [0.4, 0.5) is 0 Å². The van der Waals surface area contributed by atoms with Gasteiger partial charge in [0.2, 0.25) is 0 Å². The van der Waals surface area contributed by atoms with E-state index in [1.165, 1.54) is 64.2 Å². The van der Waals surface area contributed by atoms with E-state index in [1.807, 2.05) is 0 Å². The number of carbonyl (C=O) groups excluding carboxylic acids is 2. The zero-order valence-corrected chi connectivity index (χ0v) is 32.8. The number of allylic oxidation sites excluding steroid dienone is 6. The highest BCUT2D eigenvalue weighted by Gasteiger charge is 2.25. The summed E-state index contributed by atoms with van der Waals surface area (Å²) in [5, 5.41) is 0. The predicted molar refractivity (Wildman–Crippen MR) is 206 cm³/mol. The summed E-state index contributed by atoms with van der Waals surface area (Å²) in [5.41, 5.74) is 5.33. The van der Waals surface area contributed by atoms with Crippen molar-refractivity contribution in [2.75, 3.05) is 26.4 Å². The first-order valence-electron chi connectivity index (χ1n) is 20.0. The first kappa shape index (κ1) is 48.2. The molecule has 0 aliphatic carbocycles. The van der Waals surface area contributed by atoms with Crippen molar-refractivity contribution in [3.63, 3.8) is 0 Å². The Balaban J connectivity index is 4.24. The van der Waals surface area contributed by atoms with Gasteiger partial charge in [-0.1, -0.05) is 127 Å². The van der Waals surface area contributed by atoms with Crippen molar-refractivity contribution < 1.29 is 37.6 Å². The Bertz CT molecular complexity index is 923. The van der Waals surface area contributed by atoms with Crippen molar-refractivity contribution in [3.8, 4) is 0 Å². The molecule has 0 amide bonds. The third-order valence-corrected chi connectivity index (χ3v) is 9.23. The van der Waals surface area contributed by atoms with Crippen LogP contribution in [0.1, 0.15) is 174 Å². The average Bonchev–Trinajstić information content (AvgIpc) is 3.10. The summed E-state index contributed by atoms with van der Waals surface area (Å²) in [4.78, 5) is 34.7. The molecule has 0 rings (SSSR count). The summed E-state index contributed by atoms with van der Waals surface area (Å²) in [5.74, 6) is -0.856. The van der Waals surface area contributed by atoms with Crippen molar-refractivity contribution in [2.45, 2.75) is 180 Å². The largest absolute Gasteiger partial charge is 0.472 e. The highest BCUT2D eigenvalue weighted by molar-refractivity contribution is 7.47. The molecule has 0 heterocycles. The van der Waals surface area contributed by atoms with E-state index in [-0.39, 0.29) is 32.6 Å². The number of hydrogen-bond donors (Lipinski definition) is 2. The van der Waals surface area contributed by atoms with Gasteiger partial charge in [-0.15, -0.1) is 0 Å². The van der Waals surface area contributed by atoms with Gasteiger partial charge in [-0.2, -0.15) is 0 Å². The monoisotopic (exact) mass is 728 g/mol. The lowest BCUT2D eigenvalue weighted by atomic mass is 10.1. The molecular formula is C40H74NO8P. The van der Waals surface area contributed by atoms with Crippen molar-refractivity contribution >= 4 is 19.8 Å². The smallest absolute Gasteiger partial charge is 0.462 e. The zero-order valence-electron chi connectivity index (χ0n) is 31.9. The number of rotatable bonds is 37. The van der Waals surface area contributed by atoms with Gasteiger partial charge in [0.15, 0.2) is 6.10 Å². The number of esters is 2. The minimum Gasteiger partial charge on any atom is -0.462 e. The fraction of sp³-hybridized carbons (Fsp3) is 0.800. The van der Waals surface area contributed by atoms with Gasteiger partial charge in [-0.3, -0.25) is 18.6 Å². The molecule has 0 aromatic heterocycles. The number of phosphoric acid groups is 1. The van der Waals surface area contributed by atoms with Crippen LogP contribution >= 0.6 is 7.82 Å². The molecule has 10 heteroatoms. The quantitative estimate of drug-likeness (QED) is 0.0277. The standard InChI is InChI=1S/C40H74NO8P/c1-3-5-7-9-11-13-15-17-19-21-23-25-27-29-31-33-40(43)49-38(37-48-50(44,45)47-35-34-41)36-46-39(42)32-30-28-26-24-22-20-18-16-14-12-10-8-6-4-2/h11,13,16-19,38H,3-10,12,14-15,20-37,41H2,1-2H3,(H,44,45)/b13-11-,18-16-,19-17-/t38-/m1/s1. The summed E-state index contributed by atoms with van der Waals surface area (Å²) in [6.45, 7) is 3.66. The number of nitrogens with two attached hydrogens (primary N) is 1. The van der Waals surface area contributed by atoms with Crippen LogP contribution < -0.4 is 5.73 Å². The topological polar surface area (TPSA) is 134 Å². The maximum atomic E-state index is 12.5. The molecule has 9 nitrogen and oxygen atoms in total. The normalized spacial score (nSPS) is 13.8. The zero-order chi connectivity index (χ0) is 36.8. The molecule has 0 spiro atoms. The van der Waals surface area contributed by atoms with Crippen LogP contribution in [-0.4, -0.2) is 49.3 Å². The number of unbranched alkanes of at least 4 members (excludes halogenated alkanes) is 18. The molecule has 0 aromatic rings. The van der Waals surface area contributed by atoms with E-state index < -0.39 is 32.5 Å². The van der Waals surface area contributed by atoms with Crippen LogP contribution in [0.5, 0.6) is 0 Å². The second-order valence-corrected chi connectivity index (χ2v) is 14.6. The van der Waals surface area contributed by atoms with Crippen LogP contribution in [0.3, 0.4) is 0 Å². The first-order valence-corrected chi connectivity index (χ1v) is 21.5. The second-order valence-electron chi connectivity index (χ2n) is 13.1. The van der Waals surface area contributed by atoms with Gasteiger partial charge >= 0.3 is 19.8 Å². The summed E-state index contributed by atoms with van der Waals surface area (Å²) < 4.78 is 32.7. The lowest BCUT2D eigenvalue weighted by Crippen LogP contribution is -2.29. The van der Waals surface area contributed by atoms with E-state index in [9.17, 15) is 19.0 Å². The van der Waals surface area contributed by atoms with Crippen molar-refractivity contribution in [1.29, 1.82) is 0 Å². The Hall–Kier alpha value is -1.77. The number of carbonyl (C=O) groups is 2. The molecule has 0 fully saturated rings. The third-order valence-electron chi connectivity index (χ3n) is 8.25. The van der Waals surface area contributed by atoms with Crippen molar-refractivity contribution in [3.05, 3.63) is 36.5 Å². The molecular weight excluding hydrogens is 653 g/mol. The van der Waals surface area contributed by atoms with Gasteiger partial charge in [0.25, 0.3) is 0 Å². The Morgan fingerprint density at radius 2 is 1.04 bits per heavy atom. The molecule has 1 unspecified atom stereocenters. The fourth-order valence-electron chi connectivity index (χ4n) is 5.25. The maximum absolute atomic E-state index is 12.5. The van der Waals surface area contributed by atoms with Crippen LogP contribution in [-0.2, 0) is 32.7 Å². The van der Waals surface area contributed by atoms with E-state index in [2.05, 4.69) is 50.3 Å². The molecule has 292 valence electrons. The molecule has 50 heavy (non-hydrogen) atoms. The van der Waals surface area contributed by atoms with Gasteiger partial charge in [-0.25, -0.2) is 4.57 Å². The maximum Gasteiger partial charge on any atom is 0.472 e. The molecule has 0 aromatic carbocycles. The second kappa shape index (κ2) is 37.0. The van der Waals surface area contributed by atoms with E-state index in [1.54, 1.807) is 0 Å². The minimum absolute atomic E-state index is 0.0494.